The molecule has 2 N–H and O–H groups in total. The van der Waals surface area contributed by atoms with Gasteiger partial charge in [-0.3, -0.25) is 4.79 Å². The van der Waals surface area contributed by atoms with Crippen molar-refractivity contribution in [1.29, 1.82) is 0 Å². The zero-order valence-electron chi connectivity index (χ0n) is 24.6. The first kappa shape index (κ1) is 30.9. The molecule has 3 aliphatic rings. The molecule has 3 fully saturated rings. The van der Waals surface area contributed by atoms with Gasteiger partial charge in [0, 0.05) is 6.42 Å². The molecule has 5 unspecified atom stereocenters. The van der Waals surface area contributed by atoms with Crippen LogP contribution < -0.4 is 10.6 Å². The maximum atomic E-state index is 13.7. The number of hydrogen-bond donors (Lipinski definition) is 2. The van der Waals surface area contributed by atoms with Crippen molar-refractivity contribution >= 4 is 18.0 Å². The quantitative estimate of drug-likeness (QED) is 0.392. The Balaban J connectivity index is 1.24. The standard InChI is InChI=1S/C31H38N2O10/c1-30(2)38-18-22(41-30)24-25(26-28(40-24)43-31(3,4)42-26)39-27(35)21(15-19-11-7-5-8-12-19)33-23(34)16-32-29(36)37-17-20-13-9-6-10-14-20/h5-14,21-22,24-26,28H,15-18H2,1-4H3,(H,32,36)(H,33,34)/t21?,22?,24-,25?,26?,28?/m1/s1. The highest BCUT2D eigenvalue weighted by atomic mass is 16.8. The molecule has 0 aliphatic carbocycles. The van der Waals surface area contributed by atoms with Crippen LogP contribution in [0.5, 0.6) is 0 Å². The molecular weight excluding hydrogens is 560 g/mol. The van der Waals surface area contributed by atoms with Crippen LogP contribution in [0.3, 0.4) is 0 Å². The number of carbonyl (C=O) groups is 3. The summed E-state index contributed by atoms with van der Waals surface area (Å²) in [5.74, 6) is -3.08. The van der Waals surface area contributed by atoms with E-state index >= 15 is 0 Å². The highest BCUT2D eigenvalue weighted by Crippen LogP contribution is 2.42. The van der Waals surface area contributed by atoms with Crippen molar-refractivity contribution in [2.75, 3.05) is 13.2 Å². The fourth-order valence-corrected chi connectivity index (χ4v) is 5.25. The molecule has 3 heterocycles. The number of ether oxygens (including phenoxy) is 7. The topological polar surface area (TPSA) is 140 Å². The molecule has 0 radical (unpaired) electrons. The number of hydrogen-bond acceptors (Lipinski definition) is 10. The van der Waals surface area contributed by atoms with E-state index in [0.29, 0.717) is 0 Å². The van der Waals surface area contributed by atoms with Crippen molar-refractivity contribution in [2.24, 2.45) is 0 Å². The lowest BCUT2D eigenvalue weighted by atomic mass is 10.0. The number of esters is 1. The smallest absolute Gasteiger partial charge is 0.407 e. The largest absolute Gasteiger partial charge is 0.455 e. The minimum Gasteiger partial charge on any atom is -0.455 e. The van der Waals surface area contributed by atoms with E-state index in [1.54, 1.807) is 27.7 Å². The van der Waals surface area contributed by atoms with Gasteiger partial charge < -0.3 is 43.8 Å². The average Bonchev–Trinajstić information content (AvgIpc) is 3.60. The Kier molecular flexibility index (Phi) is 9.33. The number of benzene rings is 2. The Morgan fingerprint density at radius 1 is 0.884 bits per heavy atom. The lowest BCUT2D eigenvalue weighted by Gasteiger charge is -2.30. The number of amides is 2. The molecule has 12 heteroatoms. The third-order valence-electron chi connectivity index (χ3n) is 7.18. The van der Waals surface area contributed by atoms with Gasteiger partial charge in [-0.05, 0) is 38.8 Å². The van der Waals surface area contributed by atoms with Crippen molar-refractivity contribution in [3.63, 3.8) is 0 Å². The minimum atomic E-state index is -1.08. The van der Waals surface area contributed by atoms with Crippen molar-refractivity contribution < 1.29 is 47.5 Å². The van der Waals surface area contributed by atoms with Crippen molar-refractivity contribution in [3.05, 3.63) is 71.8 Å². The van der Waals surface area contributed by atoms with Gasteiger partial charge >= 0.3 is 12.1 Å². The zero-order valence-corrected chi connectivity index (χ0v) is 24.6. The number of nitrogens with one attached hydrogen (secondary N) is 2. The molecule has 2 amide bonds. The first-order valence-electron chi connectivity index (χ1n) is 14.3. The lowest BCUT2D eigenvalue weighted by molar-refractivity contribution is -0.235. The summed E-state index contributed by atoms with van der Waals surface area (Å²) in [4.78, 5) is 38.7. The maximum absolute atomic E-state index is 13.7. The monoisotopic (exact) mass is 598 g/mol. The molecule has 0 spiro atoms. The summed E-state index contributed by atoms with van der Waals surface area (Å²) >= 11 is 0. The second kappa shape index (κ2) is 13.0. The van der Waals surface area contributed by atoms with E-state index in [4.69, 9.17) is 33.2 Å². The van der Waals surface area contributed by atoms with Gasteiger partial charge in [-0.25, -0.2) is 9.59 Å². The zero-order chi connectivity index (χ0) is 30.6. The second-order valence-corrected chi connectivity index (χ2v) is 11.6. The van der Waals surface area contributed by atoms with Crippen molar-refractivity contribution in [3.8, 4) is 0 Å². The van der Waals surface area contributed by atoms with Gasteiger partial charge in [-0.2, -0.15) is 0 Å². The van der Waals surface area contributed by atoms with E-state index in [1.165, 1.54) is 0 Å². The summed E-state index contributed by atoms with van der Waals surface area (Å²) in [7, 11) is 0. The molecule has 12 nitrogen and oxygen atoms in total. The van der Waals surface area contributed by atoms with Gasteiger partial charge in [-0.15, -0.1) is 0 Å². The van der Waals surface area contributed by atoms with Crippen LogP contribution in [0.2, 0.25) is 0 Å². The van der Waals surface area contributed by atoms with Crippen LogP contribution >= 0.6 is 0 Å². The SMILES string of the molecule is CC1(C)OC2O[C@H](C3COC(C)(C)O3)C(OC(=O)C(Cc3ccccc3)NC(=O)CNC(=O)OCc3ccccc3)C2O1. The van der Waals surface area contributed by atoms with Crippen LogP contribution in [0.25, 0.3) is 0 Å². The van der Waals surface area contributed by atoms with Crippen LogP contribution in [-0.2, 0) is 55.8 Å². The van der Waals surface area contributed by atoms with Gasteiger partial charge in [0.1, 0.15) is 31.4 Å². The Morgan fingerprint density at radius 3 is 2.21 bits per heavy atom. The Morgan fingerprint density at radius 2 is 1.56 bits per heavy atom. The molecule has 0 bridgehead atoms. The first-order chi connectivity index (χ1) is 20.5. The molecule has 0 saturated carbocycles. The molecule has 5 rings (SSSR count). The molecule has 2 aromatic carbocycles. The predicted octanol–water partition coefficient (Wildman–Crippen LogP) is 2.58. The second-order valence-electron chi connectivity index (χ2n) is 11.6. The van der Waals surface area contributed by atoms with E-state index < -0.39 is 72.8 Å². The molecule has 6 atom stereocenters. The number of alkyl carbamates (subject to hydrolysis) is 1. The van der Waals surface area contributed by atoms with E-state index in [2.05, 4.69) is 10.6 Å². The maximum Gasteiger partial charge on any atom is 0.407 e. The molecule has 3 saturated heterocycles. The molecule has 2 aromatic rings. The van der Waals surface area contributed by atoms with Crippen LogP contribution in [-0.4, -0.2) is 79.4 Å². The molecule has 0 aromatic heterocycles. The van der Waals surface area contributed by atoms with Crippen molar-refractivity contribution in [1.82, 2.24) is 10.6 Å². The fourth-order valence-electron chi connectivity index (χ4n) is 5.25. The minimum absolute atomic E-state index is 0.0551. The highest BCUT2D eigenvalue weighted by Gasteiger charge is 2.60. The van der Waals surface area contributed by atoms with Gasteiger partial charge in [-0.1, -0.05) is 60.7 Å². The summed E-state index contributed by atoms with van der Waals surface area (Å²) in [6, 6.07) is 17.3. The van der Waals surface area contributed by atoms with E-state index in [0.717, 1.165) is 11.1 Å². The number of rotatable bonds is 10. The normalized spacial score (nSPS) is 27.6. The summed E-state index contributed by atoms with van der Waals surface area (Å²) in [6.45, 7) is 6.95. The molecule has 232 valence electrons. The summed E-state index contributed by atoms with van der Waals surface area (Å²) in [5.41, 5.74) is 1.61. The van der Waals surface area contributed by atoms with Crippen LogP contribution in [0.15, 0.2) is 60.7 Å². The molecule has 43 heavy (non-hydrogen) atoms. The van der Waals surface area contributed by atoms with Crippen LogP contribution in [0, 0.1) is 0 Å². The molecule has 3 aliphatic heterocycles. The fraction of sp³-hybridized carbons (Fsp3) is 0.516. The predicted molar refractivity (Wildman–Crippen MR) is 150 cm³/mol. The Hall–Kier alpha value is -3.55. The lowest BCUT2D eigenvalue weighted by Crippen LogP contribution is -2.51. The van der Waals surface area contributed by atoms with Gasteiger partial charge in [0.05, 0.1) is 6.61 Å². The first-order valence-corrected chi connectivity index (χ1v) is 14.3. The van der Waals surface area contributed by atoms with E-state index in [-0.39, 0.29) is 19.6 Å². The Labute approximate surface area is 250 Å². The summed E-state index contributed by atoms with van der Waals surface area (Å²) < 4.78 is 41.0. The Bertz CT molecular complexity index is 1270. The van der Waals surface area contributed by atoms with Gasteiger partial charge in [0.25, 0.3) is 0 Å². The van der Waals surface area contributed by atoms with Gasteiger partial charge in [0.2, 0.25) is 5.91 Å². The van der Waals surface area contributed by atoms with Crippen LogP contribution in [0.1, 0.15) is 38.8 Å². The third kappa shape index (κ3) is 8.09. The molecular formula is C31H38N2O10. The van der Waals surface area contributed by atoms with E-state index in [9.17, 15) is 14.4 Å². The summed E-state index contributed by atoms with van der Waals surface area (Å²) in [6.07, 6.45) is -4.28. The number of fused-ring (bicyclic) bond motifs is 1. The number of carbonyl (C=O) groups excluding carboxylic acids is 3. The van der Waals surface area contributed by atoms with Gasteiger partial charge in [0.15, 0.2) is 30.1 Å². The van der Waals surface area contributed by atoms with E-state index in [1.807, 2.05) is 60.7 Å². The average molecular weight is 599 g/mol. The van der Waals surface area contributed by atoms with Crippen molar-refractivity contribution in [2.45, 2.75) is 89.0 Å². The highest BCUT2D eigenvalue weighted by molar-refractivity contribution is 5.87. The summed E-state index contributed by atoms with van der Waals surface area (Å²) in [5, 5.41) is 5.10. The third-order valence-corrected chi connectivity index (χ3v) is 7.18. The van der Waals surface area contributed by atoms with Crippen LogP contribution in [0.4, 0.5) is 4.79 Å².